The fourth-order valence-electron chi connectivity index (χ4n) is 2.35. The van der Waals surface area contributed by atoms with E-state index < -0.39 is 5.97 Å². The molecule has 0 aliphatic rings. The molecule has 0 fully saturated rings. The number of hydrogen-bond acceptors (Lipinski definition) is 5. The Labute approximate surface area is 137 Å². The fraction of sp³-hybridized carbons (Fsp3) is 0.222. The Morgan fingerprint density at radius 1 is 1.17 bits per heavy atom. The van der Waals surface area contributed by atoms with Crippen molar-refractivity contribution in [3.05, 3.63) is 57.5 Å². The largest absolute Gasteiger partial charge is 0.451 e. The number of ether oxygens (including phenoxy) is 1. The molecule has 3 rings (SSSR count). The number of carbonyl (C=O) groups excluding carboxylic acids is 2. The summed E-state index contributed by atoms with van der Waals surface area (Å²) in [6.45, 7) is 3.56. The van der Waals surface area contributed by atoms with Crippen LogP contribution in [0.3, 0.4) is 0 Å². The number of Topliss-reactive ketones (excluding diaryl/α,β-unsaturated/α-hetero) is 1. The number of esters is 1. The summed E-state index contributed by atoms with van der Waals surface area (Å²) in [5.41, 5.74) is 1.36. The first-order valence-electron chi connectivity index (χ1n) is 7.37. The molecule has 0 radical (unpaired) electrons. The summed E-state index contributed by atoms with van der Waals surface area (Å²) in [5, 5.41) is 0.872. The van der Waals surface area contributed by atoms with Gasteiger partial charge in [0.05, 0.1) is 4.88 Å². The third-order valence-electron chi connectivity index (χ3n) is 3.65. The van der Waals surface area contributed by atoms with Crippen LogP contribution in [0.15, 0.2) is 40.8 Å². The molecule has 0 atom stereocenters. The molecular weight excluding hydrogens is 312 g/mol. The van der Waals surface area contributed by atoms with Crippen molar-refractivity contribution >= 4 is 34.1 Å². The molecular formula is C18H16O4S. The minimum atomic E-state index is -0.612. The zero-order valence-electron chi connectivity index (χ0n) is 12.9. The number of para-hydroxylation sites is 1. The summed E-state index contributed by atoms with van der Waals surface area (Å²) < 4.78 is 10.7. The first-order valence-corrected chi connectivity index (χ1v) is 8.19. The van der Waals surface area contributed by atoms with E-state index in [1.54, 1.807) is 19.1 Å². The fourth-order valence-corrected chi connectivity index (χ4v) is 3.23. The number of ketones is 1. The normalized spacial score (nSPS) is 10.9. The molecule has 0 spiro atoms. The molecule has 5 heteroatoms. The van der Waals surface area contributed by atoms with Gasteiger partial charge in [-0.1, -0.05) is 25.1 Å². The maximum atomic E-state index is 12.2. The van der Waals surface area contributed by atoms with Crippen LogP contribution in [-0.2, 0) is 11.2 Å². The second kappa shape index (κ2) is 6.38. The molecule has 3 aromatic rings. The molecule has 0 unspecified atom stereocenters. The first-order chi connectivity index (χ1) is 11.1. The number of furan rings is 1. The summed E-state index contributed by atoms with van der Waals surface area (Å²) in [4.78, 5) is 26.0. The van der Waals surface area contributed by atoms with Crippen molar-refractivity contribution in [1.29, 1.82) is 0 Å². The number of benzene rings is 1. The highest BCUT2D eigenvalue weighted by atomic mass is 32.1. The van der Waals surface area contributed by atoms with Crippen molar-refractivity contribution in [2.24, 2.45) is 0 Å². The molecule has 1 aromatic carbocycles. The summed E-state index contributed by atoms with van der Waals surface area (Å²) in [6, 6.07) is 11.1. The van der Waals surface area contributed by atoms with E-state index in [2.05, 4.69) is 0 Å². The number of hydrogen-bond donors (Lipinski definition) is 0. The van der Waals surface area contributed by atoms with Gasteiger partial charge in [-0.25, -0.2) is 4.79 Å². The smallest absolute Gasteiger partial charge is 0.375 e. The van der Waals surface area contributed by atoms with Crippen LogP contribution in [0, 0.1) is 6.92 Å². The van der Waals surface area contributed by atoms with Gasteiger partial charge in [-0.2, -0.15) is 0 Å². The predicted molar refractivity (Wildman–Crippen MR) is 89.3 cm³/mol. The Balaban J connectivity index is 1.71. The van der Waals surface area contributed by atoms with Crippen LogP contribution in [0.2, 0.25) is 0 Å². The Hall–Kier alpha value is -2.40. The van der Waals surface area contributed by atoms with E-state index >= 15 is 0 Å². The lowest BCUT2D eigenvalue weighted by atomic mass is 10.1. The molecule has 118 valence electrons. The lowest BCUT2D eigenvalue weighted by Gasteiger charge is -2.01. The van der Waals surface area contributed by atoms with Gasteiger partial charge in [-0.3, -0.25) is 4.79 Å². The average Bonchev–Trinajstić information content (AvgIpc) is 3.18. The number of aryl methyl sites for hydroxylation is 2. The molecule has 0 aliphatic carbocycles. The summed E-state index contributed by atoms with van der Waals surface area (Å²) in [5.74, 6) is -0.657. The van der Waals surface area contributed by atoms with Gasteiger partial charge in [0.2, 0.25) is 11.5 Å². The SMILES string of the molecule is CCc1ccc(C(=O)COC(=O)c2oc3ccccc3c2C)s1. The second-order valence-electron chi connectivity index (χ2n) is 5.17. The maximum Gasteiger partial charge on any atom is 0.375 e. The van der Waals surface area contributed by atoms with E-state index in [1.807, 2.05) is 31.2 Å². The molecule has 23 heavy (non-hydrogen) atoms. The Morgan fingerprint density at radius 2 is 1.96 bits per heavy atom. The lowest BCUT2D eigenvalue weighted by molar-refractivity contribution is 0.0446. The van der Waals surface area contributed by atoms with Gasteiger partial charge in [0.1, 0.15) is 5.58 Å². The standard InChI is InChI=1S/C18H16O4S/c1-3-12-8-9-16(23-12)14(19)10-21-18(20)17-11(2)13-6-4-5-7-15(13)22-17/h4-9H,3,10H2,1-2H3. The van der Waals surface area contributed by atoms with E-state index in [0.717, 1.165) is 22.2 Å². The van der Waals surface area contributed by atoms with Gasteiger partial charge in [-0.15, -0.1) is 11.3 Å². The van der Waals surface area contributed by atoms with E-state index in [4.69, 9.17) is 9.15 Å². The Morgan fingerprint density at radius 3 is 2.65 bits per heavy atom. The number of rotatable bonds is 5. The lowest BCUT2D eigenvalue weighted by Crippen LogP contribution is -2.13. The van der Waals surface area contributed by atoms with Gasteiger partial charge in [0.25, 0.3) is 0 Å². The minimum Gasteiger partial charge on any atom is -0.451 e. The molecule has 2 heterocycles. The van der Waals surface area contributed by atoms with Gasteiger partial charge in [0, 0.05) is 15.8 Å². The Kier molecular flexibility index (Phi) is 4.30. The molecule has 0 aliphatic heterocycles. The van der Waals surface area contributed by atoms with Crippen LogP contribution >= 0.6 is 11.3 Å². The van der Waals surface area contributed by atoms with Crippen LogP contribution in [0.1, 0.15) is 37.6 Å². The van der Waals surface area contributed by atoms with Crippen LogP contribution in [0.25, 0.3) is 11.0 Å². The molecule has 0 N–H and O–H groups in total. The molecule has 0 amide bonds. The first kappa shape index (κ1) is 15.5. The van der Waals surface area contributed by atoms with Crippen LogP contribution in [0.5, 0.6) is 0 Å². The van der Waals surface area contributed by atoms with Crippen LogP contribution in [0.4, 0.5) is 0 Å². The van der Waals surface area contributed by atoms with Gasteiger partial charge < -0.3 is 9.15 Å². The third-order valence-corrected chi connectivity index (χ3v) is 4.92. The number of thiophene rings is 1. The molecule has 2 aromatic heterocycles. The van der Waals surface area contributed by atoms with Crippen molar-refractivity contribution < 1.29 is 18.7 Å². The molecule has 0 bridgehead atoms. The van der Waals surface area contributed by atoms with Crippen molar-refractivity contribution in [3.63, 3.8) is 0 Å². The number of fused-ring (bicyclic) bond motifs is 1. The highest BCUT2D eigenvalue weighted by molar-refractivity contribution is 7.14. The van der Waals surface area contributed by atoms with Crippen molar-refractivity contribution in [2.45, 2.75) is 20.3 Å². The summed E-state index contributed by atoms with van der Waals surface area (Å²) in [6.07, 6.45) is 0.885. The number of carbonyl (C=O) groups is 2. The highest BCUT2D eigenvalue weighted by Gasteiger charge is 2.20. The van der Waals surface area contributed by atoms with Crippen molar-refractivity contribution in [3.8, 4) is 0 Å². The van der Waals surface area contributed by atoms with E-state index in [9.17, 15) is 9.59 Å². The second-order valence-corrected chi connectivity index (χ2v) is 6.34. The quantitative estimate of drug-likeness (QED) is 0.514. The average molecular weight is 328 g/mol. The Bertz CT molecular complexity index is 872. The summed E-state index contributed by atoms with van der Waals surface area (Å²) in [7, 11) is 0. The van der Waals surface area contributed by atoms with E-state index in [-0.39, 0.29) is 18.2 Å². The molecule has 4 nitrogen and oxygen atoms in total. The van der Waals surface area contributed by atoms with E-state index in [1.165, 1.54) is 11.3 Å². The van der Waals surface area contributed by atoms with Gasteiger partial charge in [-0.05, 0) is 31.5 Å². The minimum absolute atomic E-state index is 0.152. The highest BCUT2D eigenvalue weighted by Crippen LogP contribution is 2.25. The van der Waals surface area contributed by atoms with Crippen molar-refractivity contribution in [1.82, 2.24) is 0 Å². The van der Waals surface area contributed by atoms with Crippen LogP contribution in [-0.4, -0.2) is 18.4 Å². The molecule has 0 saturated heterocycles. The zero-order valence-corrected chi connectivity index (χ0v) is 13.7. The third kappa shape index (κ3) is 3.05. The van der Waals surface area contributed by atoms with Crippen LogP contribution < -0.4 is 0 Å². The molecule has 0 saturated carbocycles. The topological polar surface area (TPSA) is 56.5 Å². The zero-order chi connectivity index (χ0) is 16.4. The van der Waals surface area contributed by atoms with E-state index in [0.29, 0.717) is 10.5 Å². The van der Waals surface area contributed by atoms with Gasteiger partial charge >= 0.3 is 5.97 Å². The monoisotopic (exact) mass is 328 g/mol. The summed E-state index contributed by atoms with van der Waals surface area (Å²) >= 11 is 1.43. The maximum absolute atomic E-state index is 12.2. The predicted octanol–water partition coefficient (Wildman–Crippen LogP) is 4.40. The van der Waals surface area contributed by atoms with Gasteiger partial charge in [0.15, 0.2) is 6.61 Å². The van der Waals surface area contributed by atoms with Crippen molar-refractivity contribution in [2.75, 3.05) is 6.61 Å².